The summed E-state index contributed by atoms with van der Waals surface area (Å²) in [5.74, 6) is -0.133. The van der Waals surface area contributed by atoms with Gasteiger partial charge < -0.3 is 10.1 Å². The molecular formula is C24H20N2O2. The van der Waals surface area contributed by atoms with Gasteiger partial charge in [0.15, 0.2) is 18.5 Å². The van der Waals surface area contributed by atoms with Crippen molar-refractivity contribution in [3.8, 4) is 5.88 Å². The van der Waals surface area contributed by atoms with Crippen molar-refractivity contribution in [3.05, 3.63) is 96.1 Å². The Morgan fingerprint density at radius 2 is 1.54 bits per heavy atom. The highest BCUT2D eigenvalue weighted by atomic mass is 16.3. The molecule has 1 heterocycles. The zero-order chi connectivity index (χ0) is 19.3. The van der Waals surface area contributed by atoms with Crippen LogP contribution in [0.3, 0.4) is 0 Å². The largest absolute Gasteiger partial charge is 0.856 e. The number of benzene rings is 3. The van der Waals surface area contributed by atoms with Crippen molar-refractivity contribution in [1.29, 1.82) is 0 Å². The van der Waals surface area contributed by atoms with Gasteiger partial charge in [-0.25, -0.2) is 0 Å². The van der Waals surface area contributed by atoms with Gasteiger partial charge in [-0.1, -0.05) is 72.8 Å². The summed E-state index contributed by atoms with van der Waals surface area (Å²) in [6.07, 6.45) is 2.04. The van der Waals surface area contributed by atoms with Crippen molar-refractivity contribution in [2.24, 2.45) is 0 Å². The zero-order valence-corrected chi connectivity index (χ0v) is 15.3. The van der Waals surface area contributed by atoms with Crippen LogP contribution in [0.15, 0.2) is 84.9 Å². The average molecular weight is 368 g/mol. The number of aromatic amines is 1. The molecule has 0 saturated heterocycles. The van der Waals surface area contributed by atoms with Crippen LogP contribution in [0.5, 0.6) is 5.88 Å². The third-order valence-electron chi connectivity index (χ3n) is 4.72. The molecule has 0 unspecified atom stereocenters. The van der Waals surface area contributed by atoms with Crippen molar-refractivity contribution in [3.63, 3.8) is 0 Å². The lowest BCUT2D eigenvalue weighted by Gasteiger charge is -2.08. The van der Waals surface area contributed by atoms with Crippen LogP contribution >= 0.6 is 0 Å². The van der Waals surface area contributed by atoms with Gasteiger partial charge in [-0.3, -0.25) is 4.79 Å². The maximum atomic E-state index is 12.7. The first-order valence-corrected chi connectivity index (χ1v) is 9.22. The van der Waals surface area contributed by atoms with E-state index in [1.165, 1.54) is 0 Å². The first-order valence-electron chi connectivity index (χ1n) is 9.22. The van der Waals surface area contributed by atoms with Gasteiger partial charge in [-0.15, -0.1) is 0 Å². The van der Waals surface area contributed by atoms with Gasteiger partial charge in [0.2, 0.25) is 5.69 Å². The van der Waals surface area contributed by atoms with Crippen molar-refractivity contribution in [2.75, 3.05) is 0 Å². The van der Waals surface area contributed by atoms with Gasteiger partial charge in [0.25, 0.3) is 0 Å². The lowest BCUT2D eigenvalue weighted by atomic mass is 10.1. The van der Waals surface area contributed by atoms with Crippen LogP contribution in [-0.2, 0) is 6.54 Å². The molecule has 0 saturated carbocycles. The highest BCUT2D eigenvalue weighted by Gasteiger charge is 2.19. The van der Waals surface area contributed by atoms with E-state index < -0.39 is 0 Å². The van der Waals surface area contributed by atoms with E-state index in [2.05, 4.69) is 4.98 Å². The number of aromatic nitrogens is 1. The van der Waals surface area contributed by atoms with Crippen LogP contribution < -0.4 is 5.11 Å². The lowest BCUT2D eigenvalue weighted by molar-refractivity contribution is -0.460. The van der Waals surface area contributed by atoms with Crippen molar-refractivity contribution in [1.82, 2.24) is 4.98 Å². The monoisotopic (exact) mass is 368 g/mol. The number of H-pyrrole nitrogens is 1. The van der Waals surface area contributed by atoms with Crippen LogP contribution in [0.4, 0.5) is 5.69 Å². The van der Waals surface area contributed by atoms with Gasteiger partial charge >= 0.3 is 0 Å². The molecule has 4 rings (SSSR count). The van der Waals surface area contributed by atoms with Crippen molar-refractivity contribution in [2.45, 2.75) is 13.0 Å². The number of para-hydroxylation sites is 1. The minimum absolute atomic E-state index is 0.0194. The molecule has 3 aromatic carbocycles. The standard InChI is InChI=1S/C24H20N2O2/c27-22(19-11-5-2-6-12-19)15-16-26(17-18-9-3-1-4-10-18)23-20-13-7-8-14-21(20)25-24(23)28/h1-14,16,25H,15,17H2. The van der Waals surface area contributed by atoms with Crippen LogP contribution in [-0.4, -0.2) is 21.6 Å². The van der Waals surface area contributed by atoms with E-state index in [1.807, 2.05) is 95.7 Å². The normalized spacial score (nSPS) is 11.6. The van der Waals surface area contributed by atoms with Gasteiger partial charge in [0, 0.05) is 17.0 Å². The van der Waals surface area contributed by atoms with E-state index in [4.69, 9.17) is 0 Å². The topological polar surface area (TPSA) is 58.9 Å². The van der Waals surface area contributed by atoms with Crippen molar-refractivity contribution < 1.29 is 14.5 Å². The number of ketones is 1. The summed E-state index contributed by atoms with van der Waals surface area (Å²) in [5, 5.41) is 13.5. The fourth-order valence-electron chi connectivity index (χ4n) is 3.34. The molecule has 4 aromatic rings. The molecule has 0 fully saturated rings. The Bertz CT molecular complexity index is 1130. The predicted octanol–water partition coefficient (Wildman–Crippen LogP) is 4.43. The molecule has 0 radical (unpaired) electrons. The fourth-order valence-corrected chi connectivity index (χ4v) is 3.34. The third-order valence-corrected chi connectivity index (χ3v) is 4.72. The van der Waals surface area contributed by atoms with Crippen LogP contribution in [0, 0.1) is 0 Å². The maximum Gasteiger partial charge on any atom is 0.223 e. The Hall–Kier alpha value is -3.66. The van der Waals surface area contributed by atoms with Crippen LogP contribution in [0.2, 0.25) is 0 Å². The molecular weight excluding hydrogens is 348 g/mol. The summed E-state index contributed by atoms with van der Waals surface area (Å²) in [5.41, 5.74) is 3.10. The number of carbonyl (C=O) groups is 1. The second-order valence-corrected chi connectivity index (χ2v) is 6.64. The molecule has 0 bridgehead atoms. The number of hydrogen-bond acceptors (Lipinski definition) is 2. The summed E-state index contributed by atoms with van der Waals surface area (Å²) >= 11 is 0. The highest BCUT2D eigenvalue weighted by molar-refractivity contribution is 6.03. The van der Waals surface area contributed by atoms with E-state index in [0.717, 1.165) is 16.5 Å². The number of nitrogens with zero attached hydrogens (tertiary/aromatic N) is 1. The second kappa shape index (κ2) is 7.92. The molecule has 0 spiro atoms. The summed E-state index contributed by atoms with van der Waals surface area (Å²) in [4.78, 5) is 15.5. The Kier molecular flexibility index (Phi) is 5.02. The highest BCUT2D eigenvalue weighted by Crippen LogP contribution is 2.33. The maximum absolute atomic E-state index is 12.7. The Morgan fingerprint density at radius 3 is 2.29 bits per heavy atom. The molecule has 0 aliphatic heterocycles. The summed E-state index contributed by atoms with van der Waals surface area (Å²) in [6, 6.07) is 26.7. The van der Waals surface area contributed by atoms with Crippen LogP contribution in [0.1, 0.15) is 22.3 Å². The minimum atomic E-state index is -0.152. The number of hydrogen-bond donors (Lipinski definition) is 1. The van der Waals surface area contributed by atoms with E-state index in [9.17, 15) is 9.90 Å². The number of fused-ring (bicyclic) bond motifs is 1. The summed E-state index contributed by atoms with van der Waals surface area (Å²) in [6.45, 7) is 0.514. The molecule has 0 atom stereocenters. The molecule has 138 valence electrons. The van der Waals surface area contributed by atoms with Gasteiger partial charge in [0.1, 0.15) is 0 Å². The van der Waals surface area contributed by atoms with Gasteiger partial charge in [-0.05, 0) is 12.1 Å². The molecule has 1 aromatic heterocycles. The summed E-state index contributed by atoms with van der Waals surface area (Å²) in [7, 11) is 0. The molecule has 28 heavy (non-hydrogen) atoms. The Morgan fingerprint density at radius 1 is 0.893 bits per heavy atom. The molecule has 0 aliphatic carbocycles. The van der Waals surface area contributed by atoms with Gasteiger partial charge in [-0.2, -0.15) is 4.58 Å². The van der Waals surface area contributed by atoms with E-state index in [-0.39, 0.29) is 18.1 Å². The molecule has 1 N–H and O–H groups in total. The lowest BCUT2D eigenvalue weighted by Crippen LogP contribution is -2.12. The third kappa shape index (κ3) is 3.71. The SMILES string of the molecule is O=C(CC=[N+](Cc1ccccc1)c1c([O-])[nH]c2ccccc12)c1ccccc1. The van der Waals surface area contributed by atoms with E-state index in [0.29, 0.717) is 17.8 Å². The Labute approximate surface area is 163 Å². The van der Waals surface area contributed by atoms with E-state index in [1.54, 1.807) is 0 Å². The number of Topliss-reactive ketones (excluding diaryl/α,β-unsaturated/α-hetero) is 1. The van der Waals surface area contributed by atoms with Crippen molar-refractivity contribution >= 4 is 28.6 Å². The smallest absolute Gasteiger partial charge is 0.223 e. The van der Waals surface area contributed by atoms with Gasteiger partial charge in [0.05, 0.1) is 17.3 Å². The fraction of sp³-hybridized carbons (Fsp3) is 0.0833. The number of carbonyl (C=O) groups excluding carboxylic acids is 1. The molecule has 4 heteroatoms. The molecule has 4 nitrogen and oxygen atoms in total. The quantitative estimate of drug-likeness (QED) is 0.311. The molecule has 0 amide bonds. The average Bonchev–Trinajstić information content (AvgIpc) is 3.08. The first-order chi connectivity index (χ1) is 13.7. The van der Waals surface area contributed by atoms with E-state index >= 15 is 0 Å². The predicted molar refractivity (Wildman–Crippen MR) is 109 cm³/mol. The number of rotatable bonds is 6. The summed E-state index contributed by atoms with van der Waals surface area (Å²) < 4.78 is 1.89. The zero-order valence-electron chi connectivity index (χ0n) is 15.3. The first kappa shape index (κ1) is 17.7. The molecule has 0 aliphatic rings. The second-order valence-electron chi connectivity index (χ2n) is 6.64. The number of nitrogens with one attached hydrogen (secondary N) is 1. The van der Waals surface area contributed by atoms with Crippen LogP contribution in [0.25, 0.3) is 10.9 Å². The Balaban J connectivity index is 1.73. The minimum Gasteiger partial charge on any atom is -0.856 e.